The summed E-state index contributed by atoms with van der Waals surface area (Å²) in [6, 6.07) is 5.12. The van der Waals surface area contributed by atoms with Crippen molar-refractivity contribution < 1.29 is 19.4 Å². The van der Waals surface area contributed by atoms with Crippen LogP contribution in [0.1, 0.15) is 72.0 Å². The Morgan fingerprint density at radius 3 is 2.70 bits per heavy atom. The topological polar surface area (TPSA) is 84.7 Å². The summed E-state index contributed by atoms with van der Waals surface area (Å²) < 4.78 is 7.37. The normalized spacial score (nSPS) is 18.6. The molecule has 0 aliphatic carbocycles. The van der Waals surface area contributed by atoms with Gasteiger partial charge in [0.25, 0.3) is 5.91 Å². The van der Waals surface area contributed by atoms with Crippen molar-refractivity contribution in [3.8, 4) is 11.4 Å². The first kappa shape index (κ1) is 17.6. The first-order valence-corrected chi connectivity index (χ1v) is 9.10. The molecular weight excluding hydrogens is 346 g/mol. The van der Waals surface area contributed by atoms with Crippen LogP contribution in [0.15, 0.2) is 18.2 Å². The fourth-order valence-corrected chi connectivity index (χ4v) is 4.17. The Kier molecular flexibility index (Phi) is 3.80. The Balaban J connectivity index is 2.16. The number of benzene rings is 1. The quantitative estimate of drug-likeness (QED) is 0.879. The Labute approximate surface area is 157 Å². The zero-order valence-corrected chi connectivity index (χ0v) is 15.9. The van der Waals surface area contributed by atoms with Crippen molar-refractivity contribution >= 4 is 11.9 Å². The zero-order valence-electron chi connectivity index (χ0n) is 15.9. The van der Waals surface area contributed by atoms with Crippen molar-refractivity contribution in [1.82, 2.24) is 14.5 Å². The van der Waals surface area contributed by atoms with E-state index in [1.165, 1.54) is 7.11 Å². The summed E-state index contributed by atoms with van der Waals surface area (Å²) in [5.41, 5.74) is 1.31. The lowest BCUT2D eigenvalue weighted by Crippen LogP contribution is -2.30. The van der Waals surface area contributed by atoms with Crippen LogP contribution >= 0.6 is 0 Å². The summed E-state index contributed by atoms with van der Waals surface area (Å²) in [5.74, 6) is -0.0721. The number of aromatic nitrogens is 2. The van der Waals surface area contributed by atoms with Crippen LogP contribution < -0.4 is 4.74 Å². The van der Waals surface area contributed by atoms with Crippen LogP contribution in [0.5, 0.6) is 5.75 Å². The van der Waals surface area contributed by atoms with Crippen LogP contribution in [0.2, 0.25) is 0 Å². The number of nitrogens with zero attached hydrogens (tertiary/aromatic N) is 3. The van der Waals surface area contributed by atoms with E-state index in [0.29, 0.717) is 35.1 Å². The first-order chi connectivity index (χ1) is 12.8. The molecule has 142 valence electrons. The van der Waals surface area contributed by atoms with Crippen LogP contribution in [0.25, 0.3) is 5.69 Å². The molecule has 2 aromatic rings. The number of fused-ring (bicyclic) bond motifs is 5. The number of amides is 1. The monoisotopic (exact) mass is 369 g/mol. The Morgan fingerprint density at radius 2 is 2.07 bits per heavy atom. The SMILES string of the molecule is COc1cccc2c1C(=O)N1CCC[C@H]1c1c(C(=O)O)nc(C(C)(C)C)n1-2. The van der Waals surface area contributed by atoms with Crippen LogP contribution in [-0.4, -0.2) is 45.1 Å². The van der Waals surface area contributed by atoms with E-state index in [-0.39, 0.29) is 17.6 Å². The Bertz CT molecular complexity index is 955. The Hall–Kier alpha value is -2.83. The number of hydrogen-bond acceptors (Lipinski definition) is 4. The molecule has 27 heavy (non-hydrogen) atoms. The molecule has 7 nitrogen and oxygen atoms in total. The molecule has 1 saturated heterocycles. The highest BCUT2D eigenvalue weighted by Gasteiger charge is 2.43. The van der Waals surface area contributed by atoms with Gasteiger partial charge in [0.05, 0.1) is 24.5 Å². The van der Waals surface area contributed by atoms with E-state index in [2.05, 4.69) is 4.98 Å². The number of carboxylic acids is 1. The van der Waals surface area contributed by atoms with E-state index in [1.54, 1.807) is 11.0 Å². The van der Waals surface area contributed by atoms with Gasteiger partial charge in [0.1, 0.15) is 17.1 Å². The minimum Gasteiger partial charge on any atom is -0.496 e. The van der Waals surface area contributed by atoms with Gasteiger partial charge in [-0.2, -0.15) is 0 Å². The van der Waals surface area contributed by atoms with Crippen LogP contribution in [0.4, 0.5) is 0 Å². The van der Waals surface area contributed by atoms with Crippen molar-refractivity contribution in [3.63, 3.8) is 0 Å². The lowest BCUT2D eigenvalue weighted by molar-refractivity contribution is 0.0672. The Morgan fingerprint density at radius 1 is 1.33 bits per heavy atom. The molecule has 3 heterocycles. The van der Waals surface area contributed by atoms with Gasteiger partial charge < -0.3 is 14.7 Å². The molecular formula is C20H23N3O4. The predicted octanol–water partition coefficient (Wildman–Crippen LogP) is 3.17. The van der Waals surface area contributed by atoms with Crippen LogP contribution in [0.3, 0.4) is 0 Å². The number of carboxylic acid groups (broad SMARTS) is 1. The summed E-state index contributed by atoms with van der Waals surface area (Å²) in [6.45, 7) is 6.57. The molecule has 4 rings (SSSR count). The second kappa shape index (κ2) is 5.84. The molecule has 0 spiro atoms. The summed E-state index contributed by atoms with van der Waals surface area (Å²) in [6.07, 6.45) is 1.55. The molecule has 1 aromatic heterocycles. The second-order valence-corrected chi connectivity index (χ2v) is 8.07. The number of rotatable bonds is 2. The largest absolute Gasteiger partial charge is 0.496 e. The van der Waals surface area contributed by atoms with E-state index < -0.39 is 11.4 Å². The van der Waals surface area contributed by atoms with Crippen molar-refractivity contribution in [3.05, 3.63) is 41.0 Å². The van der Waals surface area contributed by atoms with E-state index in [4.69, 9.17) is 4.74 Å². The number of hydrogen-bond donors (Lipinski definition) is 1. The molecule has 0 saturated carbocycles. The maximum Gasteiger partial charge on any atom is 0.356 e. The van der Waals surface area contributed by atoms with E-state index in [0.717, 1.165) is 12.8 Å². The fourth-order valence-electron chi connectivity index (χ4n) is 4.17. The van der Waals surface area contributed by atoms with Gasteiger partial charge in [-0.3, -0.25) is 9.36 Å². The molecule has 1 fully saturated rings. The molecule has 1 atom stereocenters. The summed E-state index contributed by atoms with van der Waals surface area (Å²) in [7, 11) is 1.54. The average Bonchev–Trinajstić information content (AvgIpc) is 3.22. The highest BCUT2D eigenvalue weighted by atomic mass is 16.5. The average molecular weight is 369 g/mol. The number of ether oxygens (including phenoxy) is 1. The third-order valence-corrected chi connectivity index (χ3v) is 5.29. The molecule has 0 radical (unpaired) electrons. The number of carbonyl (C=O) groups excluding carboxylic acids is 1. The zero-order chi connectivity index (χ0) is 19.5. The van der Waals surface area contributed by atoms with E-state index in [1.807, 2.05) is 37.5 Å². The highest BCUT2D eigenvalue weighted by Crippen LogP contribution is 2.44. The molecule has 1 amide bonds. The van der Waals surface area contributed by atoms with Crippen molar-refractivity contribution in [2.45, 2.75) is 45.1 Å². The highest BCUT2D eigenvalue weighted by molar-refractivity contribution is 6.02. The standard InChI is InChI=1S/C20H23N3O4/c1-20(2,3)19-21-15(18(25)26)16-12-8-6-10-22(12)17(24)14-11(23(16)19)7-5-9-13(14)27-4/h5,7,9,12H,6,8,10H2,1-4H3,(H,25,26)/t12-/m0/s1. The van der Waals surface area contributed by atoms with Gasteiger partial charge in [0.2, 0.25) is 0 Å². The lowest BCUT2D eigenvalue weighted by atomic mass is 9.95. The summed E-state index contributed by atoms with van der Waals surface area (Å²) >= 11 is 0. The minimum absolute atomic E-state index is 0.0281. The fraction of sp³-hybridized carbons (Fsp3) is 0.450. The van der Waals surface area contributed by atoms with Gasteiger partial charge >= 0.3 is 5.97 Å². The predicted molar refractivity (Wildman–Crippen MR) is 98.8 cm³/mol. The number of carbonyl (C=O) groups is 2. The maximum atomic E-state index is 13.4. The lowest BCUT2D eigenvalue weighted by Gasteiger charge is -2.23. The molecule has 2 aliphatic rings. The van der Waals surface area contributed by atoms with Gasteiger partial charge in [-0.05, 0) is 25.0 Å². The molecule has 7 heteroatoms. The number of methoxy groups -OCH3 is 1. The van der Waals surface area contributed by atoms with Crippen molar-refractivity contribution in [1.29, 1.82) is 0 Å². The van der Waals surface area contributed by atoms with Crippen molar-refractivity contribution in [2.24, 2.45) is 0 Å². The third-order valence-electron chi connectivity index (χ3n) is 5.29. The van der Waals surface area contributed by atoms with Gasteiger partial charge in [-0.1, -0.05) is 26.8 Å². The number of imidazole rings is 1. The van der Waals surface area contributed by atoms with Crippen molar-refractivity contribution in [2.75, 3.05) is 13.7 Å². The maximum absolute atomic E-state index is 13.4. The number of aromatic carboxylic acids is 1. The second-order valence-electron chi connectivity index (χ2n) is 8.07. The molecule has 1 aromatic carbocycles. The molecule has 0 unspecified atom stereocenters. The third kappa shape index (κ3) is 2.44. The molecule has 2 aliphatic heterocycles. The van der Waals surface area contributed by atoms with Gasteiger partial charge in [0, 0.05) is 12.0 Å². The smallest absolute Gasteiger partial charge is 0.356 e. The molecule has 0 bridgehead atoms. The van der Waals surface area contributed by atoms with Gasteiger partial charge in [-0.15, -0.1) is 0 Å². The van der Waals surface area contributed by atoms with Gasteiger partial charge in [-0.25, -0.2) is 9.78 Å². The molecule has 1 N–H and O–H groups in total. The minimum atomic E-state index is -1.07. The van der Waals surface area contributed by atoms with E-state index in [9.17, 15) is 14.7 Å². The van der Waals surface area contributed by atoms with Crippen LogP contribution in [0, 0.1) is 0 Å². The first-order valence-electron chi connectivity index (χ1n) is 9.10. The summed E-state index contributed by atoms with van der Waals surface area (Å²) in [5, 5.41) is 9.84. The van der Waals surface area contributed by atoms with Gasteiger partial charge in [0.15, 0.2) is 5.69 Å². The summed E-state index contributed by atoms with van der Waals surface area (Å²) in [4.78, 5) is 31.7. The van der Waals surface area contributed by atoms with E-state index >= 15 is 0 Å². The van der Waals surface area contributed by atoms with Crippen LogP contribution in [-0.2, 0) is 5.41 Å².